The van der Waals surface area contributed by atoms with Gasteiger partial charge in [-0.05, 0) is 62.3 Å². The fourth-order valence-corrected chi connectivity index (χ4v) is 2.63. The zero-order valence-corrected chi connectivity index (χ0v) is 18.4. The maximum Gasteiger partial charge on any atom is 0.256 e. The van der Waals surface area contributed by atoms with Crippen LogP contribution in [0, 0.1) is 5.41 Å². The molecule has 2 amide bonds. The Bertz CT molecular complexity index is 878. The standard InChI is InChI=1S/C24H32N4O2/c1-6-17(2)20(15-19-10-8-7-9-11-19)16-21(14-18(3)23(29)27-5)24(30)28-22(25)12-13-26-4/h7-14,16,26H,6,15H2,1-5H3,(H,27,29)(H2,25,28,30)/b13-12-,18-14+,20-17+,21-16+. The number of allylic oxidation sites excluding steroid dienone is 3. The number of amidine groups is 1. The highest BCUT2D eigenvalue weighted by molar-refractivity contribution is 6.10. The van der Waals surface area contributed by atoms with Crippen molar-refractivity contribution < 1.29 is 9.59 Å². The molecule has 160 valence electrons. The average Bonchev–Trinajstić information content (AvgIpc) is 2.75. The van der Waals surface area contributed by atoms with Crippen molar-refractivity contribution >= 4 is 17.6 Å². The van der Waals surface area contributed by atoms with E-state index in [0.29, 0.717) is 17.6 Å². The fraction of sp³-hybridized carbons (Fsp3) is 0.292. The third kappa shape index (κ3) is 8.31. The molecule has 4 N–H and O–H groups in total. The Labute approximate surface area is 179 Å². The first-order valence-electron chi connectivity index (χ1n) is 9.90. The van der Waals surface area contributed by atoms with E-state index in [1.807, 2.05) is 43.3 Å². The molecule has 6 heteroatoms. The summed E-state index contributed by atoms with van der Waals surface area (Å²) in [6.07, 6.45) is 7.87. The summed E-state index contributed by atoms with van der Waals surface area (Å²) >= 11 is 0. The van der Waals surface area contributed by atoms with Gasteiger partial charge in [0, 0.05) is 25.2 Å². The van der Waals surface area contributed by atoms with E-state index in [1.165, 1.54) is 6.08 Å². The maximum atomic E-state index is 12.9. The van der Waals surface area contributed by atoms with E-state index in [-0.39, 0.29) is 11.7 Å². The van der Waals surface area contributed by atoms with Gasteiger partial charge in [0.05, 0.1) is 0 Å². The molecule has 0 spiro atoms. The van der Waals surface area contributed by atoms with E-state index in [2.05, 4.69) is 22.9 Å². The van der Waals surface area contributed by atoms with Gasteiger partial charge in [0.15, 0.2) is 0 Å². The third-order valence-corrected chi connectivity index (χ3v) is 4.53. The molecule has 0 bridgehead atoms. The van der Waals surface area contributed by atoms with E-state index in [1.54, 1.807) is 33.3 Å². The molecule has 30 heavy (non-hydrogen) atoms. The summed E-state index contributed by atoms with van der Waals surface area (Å²) in [5.74, 6) is -0.759. The summed E-state index contributed by atoms with van der Waals surface area (Å²) < 4.78 is 0. The molecule has 0 radical (unpaired) electrons. The predicted octanol–water partition coefficient (Wildman–Crippen LogP) is 3.40. The molecule has 0 saturated heterocycles. The molecular formula is C24H32N4O2. The summed E-state index contributed by atoms with van der Waals surface area (Å²) in [4.78, 5) is 24.9. The lowest BCUT2D eigenvalue weighted by Gasteiger charge is -2.11. The van der Waals surface area contributed by atoms with Crippen LogP contribution in [0.4, 0.5) is 0 Å². The molecule has 0 aliphatic rings. The molecule has 6 nitrogen and oxygen atoms in total. The van der Waals surface area contributed by atoms with Crippen LogP contribution >= 0.6 is 0 Å². The second kappa shape index (κ2) is 12.9. The Morgan fingerprint density at radius 2 is 1.70 bits per heavy atom. The number of carbonyl (C=O) groups excluding carboxylic acids is 2. The normalized spacial score (nSPS) is 13.0. The Kier molecular flexibility index (Phi) is 10.6. The fourth-order valence-electron chi connectivity index (χ4n) is 2.63. The first kappa shape index (κ1) is 24.6. The van der Waals surface area contributed by atoms with Crippen LogP contribution in [0.1, 0.15) is 32.8 Å². The van der Waals surface area contributed by atoms with E-state index < -0.39 is 5.91 Å². The Balaban J connectivity index is 3.38. The molecule has 1 aromatic carbocycles. The Morgan fingerprint density at radius 3 is 2.27 bits per heavy atom. The number of amides is 2. The maximum absolute atomic E-state index is 12.9. The van der Waals surface area contributed by atoms with Crippen LogP contribution in [-0.4, -0.2) is 31.7 Å². The summed E-state index contributed by atoms with van der Waals surface area (Å²) in [5, 5.41) is 15.8. The Hall–Kier alpha value is -3.41. The van der Waals surface area contributed by atoms with Crippen LogP contribution in [0.3, 0.4) is 0 Å². The number of hydrogen-bond donors (Lipinski definition) is 4. The highest BCUT2D eigenvalue weighted by Gasteiger charge is 2.13. The molecule has 0 atom stereocenters. The van der Waals surface area contributed by atoms with Gasteiger partial charge in [-0.2, -0.15) is 0 Å². The van der Waals surface area contributed by atoms with E-state index >= 15 is 0 Å². The first-order valence-corrected chi connectivity index (χ1v) is 9.90. The van der Waals surface area contributed by atoms with Crippen LogP contribution < -0.4 is 16.0 Å². The highest BCUT2D eigenvalue weighted by atomic mass is 16.2. The summed E-state index contributed by atoms with van der Waals surface area (Å²) in [6, 6.07) is 10.0. The van der Waals surface area contributed by atoms with Crippen molar-refractivity contribution in [2.75, 3.05) is 14.1 Å². The Morgan fingerprint density at radius 1 is 1.03 bits per heavy atom. The smallest absolute Gasteiger partial charge is 0.256 e. The highest BCUT2D eigenvalue weighted by Crippen LogP contribution is 2.19. The van der Waals surface area contributed by atoms with Crippen molar-refractivity contribution in [3.63, 3.8) is 0 Å². The molecule has 0 aromatic heterocycles. The van der Waals surface area contributed by atoms with Gasteiger partial charge in [-0.3, -0.25) is 15.0 Å². The molecule has 0 fully saturated rings. The van der Waals surface area contributed by atoms with Crippen molar-refractivity contribution in [3.8, 4) is 0 Å². The van der Waals surface area contributed by atoms with Gasteiger partial charge in [-0.25, -0.2) is 0 Å². The number of rotatable bonds is 9. The van der Waals surface area contributed by atoms with Crippen LogP contribution in [0.15, 0.2) is 77.1 Å². The minimum Gasteiger partial charge on any atom is -0.394 e. The number of hydrogen-bond acceptors (Lipinski definition) is 4. The third-order valence-electron chi connectivity index (χ3n) is 4.53. The molecule has 0 heterocycles. The molecular weight excluding hydrogens is 376 g/mol. The lowest BCUT2D eigenvalue weighted by Crippen LogP contribution is -2.30. The summed E-state index contributed by atoms with van der Waals surface area (Å²) in [6.45, 7) is 5.76. The van der Waals surface area contributed by atoms with Crippen LogP contribution in [0.5, 0.6) is 0 Å². The second-order valence-corrected chi connectivity index (χ2v) is 6.82. The topological polar surface area (TPSA) is 94.1 Å². The van der Waals surface area contributed by atoms with Crippen molar-refractivity contribution in [2.24, 2.45) is 0 Å². The van der Waals surface area contributed by atoms with Gasteiger partial charge < -0.3 is 16.0 Å². The number of nitrogens with one attached hydrogen (secondary N) is 4. The lowest BCUT2D eigenvalue weighted by atomic mass is 9.96. The van der Waals surface area contributed by atoms with Gasteiger partial charge in [-0.1, -0.05) is 42.8 Å². The van der Waals surface area contributed by atoms with E-state index in [4.69, 9.17) is 5.41 Å². The van der Waals surface area contributed by atoms with Crippen molar-refractivity contribution in [2.45, 2.75) is 33.6 Å². The predicted molar refractivity (Wildman–Crippen MR) is 123 cm³/mol. The molecule has 0 unspecified atom stereocenters. The van der Waals surface area contributed by atoms with Gasteiger partial charge in [-0.15, -0.1) is 0 Å². The van der Waals surface area contributed by atoms with E-state index in [9.17, 15) is 9.59 Å². The van der Waals surface area contributed by atoms with Crippen molar-refractivity contribution in [1.29, 1.82) is 5.41 Å². The summed E-state index contributed by atoms with van der Waals surface area (Å²) in [5.41, 5.74) is 4.02. The van der Waals surface area contributed by atoms with Crippen molar-refractivity contribution in [1.82, 2.24) is 16.0 Å². The second-order valence-electron chi connectivity index (χ2n) is 6.82. The van der Waals surface area contributed by atoms with Gasteiger partial charge in [0.1, 0.15) is 5.84 Å². The number of benzene rings is 1. The molecule has 0 saturated carbocycles. The van der Waals surface area contributed by atoms with Crippen LogP contribution in [0.2, 0.25) is 0 Å². The number of likely N-dealkylation sites (N-methyl/N-ethyl adjacent to an activating group) is 1. The lowest BCUT2D eigenvalue weighted by molar-refractivity contribution is -0.117. The number of carbonyl (C=O) groups is 2. The molecule has 1 rings (SSSR count). The van der Waals surface area contributed by atoms with E-state index in [0.717, 1.165) is 23.1 Å². The zero-order valence-electron chi connectivity index (χ0n) is 18.4. The van der Waals surface area contributed by atoms with Gasteiger partial charge in [0.25, 0.3) is 5.91 Å². The largest absolute Gasteiger partial charge is 0.394 e. The molecule has 0 aliphatic carbocycles. The SMILES string of the molecule is CC/C(C)=C(/C=C(\C=C(/C)C(=O)NC)C(=O)NC(=N)/C=C\NC)Cc1ccccc1. The van der Waals surface area contributed by atoms with Crippen LogP contribution in [0.25, 0.3) is 0 Å². The van der Waals surface area contributed by atoms with Gasteiger partial charge in [0.2, 0.25) is 5.91 Å². The first-order chi connectivity index (χ1) is 14.3. The average molecular weight is 409 g/mol. The van der Waals surface area contributed by atoms with Crippen LogP contribution in [-0.2, 0) is 16.0 Å². The molecule has 1 aromatic rings. The summed E-state index contributed by atoms with van der Waals surface area (Å²) in [7, 11) is 3.25. The monoisotopic (exact) mass is 408 g/mol. The van der Waals surface area contributed by atoms with Gasteiger partial charge >= 0.3 is 0 Å². The van der Waals surface area contributed by atoms with Crippen molar-refractivity contribution in [3.05, 3.63) is 82.6 Å². The zero-order chi connectivity index (χ0) is 22.5. The molecule has 0 aliphatic heterocycles. The quantitative estimate of drug-likeness (QED) is 0.218. The minimum atomic E-state index is -0.446. The minimum absolute atomic E-state index is 0.0490.